The largest absolute Gasteiger partial charge is 0.463 e. The van der Waals surface area contributed by atoms with Crippen LogP contribution in [0.1, 0.15) is 32.2 Å². The molecule has 0 N–H and O–H groups in total. The maximum absolute atomic E-state index is 13.1. The molecule has 2 heterocycles. The normalized spacial score (nSPS) is 13.6. The number of halogens is 1. The molecular weight excluding hydrogens is 558 g/mol. The molecule has 2 aromatic carbocycles. The van der Waals surface area contributed by atoms with Crippen LogP contribution in [0.3, 0.4) is 0 Å². The molecule has 8 nitrogen and oxygen atoms in total. The number of rotatable bonds is 16. The lowest BCUT2D eigenvalue weighted by Crippen LogP contribution is -2.18. The Morgan fingerprint density at radius 2 is 1.31 bits per heavy atom. The Hall–Kier alpha value is -3.17. The summed E-state index contributed by atoms with van der Waals surface area (Å²) in [4.78, 5) is 23.8. The number of fused-ring (bicyclic) bond motifs is 1. The standard InChI is InChI=1S/C33H40ClNO7/c1-24(36)41-19-17-39-15-13-38-14-16-40-18-20-42-30(37)21-28-31(26-9-11-27(34)12-10-26)32(25-7-5-4-6-8-25)29-22-33(2,3)23-35(28)29/h4-12H,13-23H2,1-3H3. The van der Waals surface area contributed by atoms with Crippen molar-refractivity contribution < 1.29 is 33.3 Å². The Morgan fingerprint density at radius 3 is 1.90 bits per heavy atom. The topological polar surface area (TPSA) is 85.2 Å². The Morgan fingerprint density at radius 1 is 0.762 bits per heavy atom. The van der Waals surface area contributed by atoms with Crippen LogP contribution >= 0.6 is 11.6 Å². The van der Waals surface area contributed by atoms with E-state index in [2.05, 4.69) is 30.5 Å². The van der Waals surface area contributed by atoms with Crippen molar-refractivity contribution in [2.45, 2.75) is 40.2 Å². The van der Waals surface area contributed by atoms with Gasteiger partial charge in [0, 0.05) is 41.0 Å². The molecule has 0 saturated carbocycles. The van der Waals surface area contributed by atoms with Crippen LogP contribution in [0.25, 0.3) is 22.3 Å². The van der Waals surface area contributed by atoms with Gasteiger partial charge in [0.25, 0.3) is 0 Å². The fourth-order valence-corrected chi connectivity index (χ4v) is 5.37. The van der Waals surface area contributed by atoms with Gasteiger partial charge >= 0.3 is 11.9 Å². The van der Waals surface area contributed by atoms with E-state index in [0.29, 0.717) is 38.1 Å². The lowest BCUT2D eigenvalue weighted by Gasteiger charge is -2.19. The average molecular weight is 598 g/mol. The number of benzene rings is 2. The van der Waals surface area contributed by atoms with E-state index in [1.54, 1.807) is 0 Å². The first-order chi connectivity index (χ1) is 20.2. The van der Waals surface area contributed by atoms with Crippen molar-refractivity contribution in [3.8, 4) is 22.3 Å². The summed E-state index contributed by atoms with van der Waals surface area (Å²) >= 11 is 6.22. The summed E-state index contributed by atoms with van der Waals surface area (Å²) in [6, 6.07) is 18.2. The molecule has 1 aromatic heterocycles. The Labute approximate surface area is 252 Å². The van der Waals surface area contributed by atoms with Crippen LogP contribution in [0, 0.1) is 5.41 Å². The van der Waals surface area contributed by atoms with Gasteiger partial charge in [-0.1, -0.05) is 67.9 Å². The monoisotopic (exact) mass is 597 g/mol. The third-order valence-electron chi connectivity index (χ3n) is 6.99. The number of carbonyl (C=O) groups is 2. The third-order valence-corrected chi connectivity index (χ3v) is 7.24. The number of hydrogen-bond acceptors (Lipinski definition) is 7. The van der Waals surface area contributed by atoms with Crippen LogP contribution in [-0.2, 0) is 52.7 Å². The molecule has 1 aliphatic rings. The minimum absolute atomic E-state index is 0.0853. The SMILES string of the molecule is CC(=O)OCCOCCOCCOCCOC(=O)Cc1c(-c2ccc(Cl)cc2)c(-c2ccccc2)c2n1CC(C)(C)C2. The summed E-state index contributed by atoms with van der Waals surface area (Å²) in [5.41, 5.74) is 6.69. The van der Waals surface area contributed by atoms with E-state index in [-0.39, 0.29) is 43.6 Å². The van der Waals surface area contributed by atoms with Gasteiger partial charge in [-0.2, -0.15) is 0 Å². The molecule has 4 rings (SSSR count). The number of hydrogen-bond donors (Lipinski definition) is 0. The van der Waals surface area contributed by atoms with Crippen molar-refractivity contribution in [2.75, 3.05) is 52.9 Å². The maximum atomic E-state index is 13.1. The highest BCUT2D eigenvalue weighted by molar-refractivity contribution is 6.30. The predicted octanol–water partition coefficient (Wildman–Crippen LogP) is 5.76. The zero-order chi connectivity index (χ0) is 30.0. The summed E-state index contributed by atoms with van der Waals surface area (Å²) in [5.74, 6) is -0.615. The van der Waals surface area contributed by atoms with E-state index < -0.39 is 0 Å². The molecule has 3 aromatic rings. The zero-order valence-electron chi connectivity index (χ0n) is 24.7. The van der Waals surface area contributed by atoms with Gasteiger partial charge in [0.2, 0.25) is 0 Å². The summed E-state index contributed by atoms with van der Waals surface area (Å²) < 4.78 is 29.0. The minimum Gasteiger partial charge on any atom is -0.463 e. The third kappa shape index (κ3) is 8.91. The van der Waals surface area contributed by atoms with E-state index in [1.807, 2.05) is 42.5 Å². The maximum Gasteiger partial charge on any atom is 0.311 e. The van der Waals surface area contributed by atoms with Gasteiger partial charge in [-0.15, -0.1) is 0 Å². The van der Waals surface area contributed by atoms with Gasteiger partial charge in [0.15, 0.2) is 0 Å². The highest BCUT2D eigenvalue weighted by atomic mass is 35.5. The average Bonchev–Trinajstić information content (AvgIpc) is 3.42. The molecule has 0 amide bonds. The lowest BCUT2D eigenvalue weighted by molar-refractivity contribution is -0.144. The number of esters is 2. The minimum atomic E-state index is -0.324. The number of nitrogens with zero attached hydrogens (tertiary/aromatic N) is 1. The Balaban J connectivity index is 1.33. The Bertz CT molecular complexity index is 1320. The van der Waals surface area contributed by atoms with Crippen molar-refractivity contribution in [2.24, 2.45) is 5.41 Å². The molecule has 9 heteroatoms. The van der Waals surface area contributed by atoms with Gasteiger partial charge < -0.3 is 28.3 Å². The van der Waals surface area contributed by atoms with Crippen molar-refractivity contribution in [1.29, 1.82) is 0 Å². The van der Waals surface area contributed by atoms with Crippen LogP contribution in [0.2, 0.25) is 5.02 Å². The van der Waals surface area contributed by atoms with E-state index in [4.69, 9.17) is 35.3 Å². The summed E-state index contributed by atoms with van der Waals surface area (Å²) in [7, 11) is 0. The fraction of sp³-hybridized carbons (Fsp3) is 0.455. The van der Waals surface area contributed by atoms with Crippen LogP contribution < -0.4 is 0 Å². The molecule has 0 spiro atoms. The second kappa shape index (κ2) is 15.3. The second-order valence-electron chi connectivity index (χ2n) is 11.0. The highest BCUT2D eigenvalue weighted by Gasteiger charge is 2.36. The summed E-state index contributed by atoms with van der Waals surface area (Å²) in [5, 5.41) is 0.670. The number of aromatic nitrogens is 1. The first-order valence-corrected chi connectivity index (χ1v) is 14.7. The van der Waals surface area contributed by atoms with Crippen molar-refractivity contribution >= 4 is 23.5 Å². The molecule has 0 unspecified atom stereocenters. The molecule has 0 radical (unpaired) electrons. The van der Waals surface area contributed by atoms with Gasteiger partial charge in [-0.25, -0.2) is 0 Å². The Kier molecular flexibility index (Phi) is 11.6. The number of carbonyl (C=O) groups excluding carboxylic acids is 2. The van der Waals surface area contributed by atoms with Crippen molar-refractivity contribution in [3.05, 3.63) is 71.0 Å². The molecule has 1 aliphatic heterocycles. The summed E-state index contributed by atoms with van der Waals surface area (Å²) in [6.45, 7) is 9.34. The molecule has 0 fully saturated rings. The van der Waals surface area contributed by atoms with Gasteiger partial charge in [0.05, 0.1) is 46.1 Å². The predicted molar refractivity (Wildman–Crippen MR) is 162 cm³/mol. The molecular formula is C33H40ClNO7. The van der Waals surface area contributed by atoms with E-state index in [1.165, 1.54) is 18.2 Å². The molecule has 0 saturated heterocycles. The van der Waals surface area contributed by atoms with Crippen LogP contribution in [0.5, 0.6) is 0 Å². The van der Waals surface area contributed by atoms with Crippen LogP contribution in [0.4, 0.5) is 0 Å². The quantitative estimate of drug-likeness (QED) is 0.153. The van der Waals surface area contributed by atoms with Gasteiger partial charge in [0.1, 0.15) is 13.2 Å². The van der Waals surface area contributed by atoms with E-state index in [9.17, 15) is 9.59 Å². The first kappa shape index (κ1) is 31.8. The van der Waals surface area contributed by atoms with E-state index >= 15 is 0 Å². The molecule has 0 bridgehead atoms. The fourth-order valence-electron chi connectivity index (χ4n) is 5.25. The molecule has 42 heavy (non-hydrogen) atoms. The smallest absolute Gasteiger partial charge is 0.311 e. The van der Waals surface area contributed by atoms with Crippen molar-refractivity contribution in [1.82, 2.24) is 4.57 Å². The molecule has 226 valence electrons. The van der Waals surface area contributed by atoms with Crippen LogP contribution in [-0.4, -0.2) is 69.4 Å². The van der Waals surface area contributed by atoms with Gasteiger partial charge in [-0.05, 0) is 35.1 Å². The highest BCUT2D eigenvalue weighted by Crippen LogP contribution is 2.47. The first-order valence-electron chi connectivity index (χ1n) is 14.3. The molecule has 0 aliphatic carbocycles. The molecule has 0 atom stereocenters. The van der Waals surface area contributed by atoms with Crippen molar-refractivity contribution in [3.63, 3.8) is 0 Å². The number of ether oxygens (including phenoxy) is 5. The lowest BCUT2D eigenvalue weighted by atomic mass is 9.86. The zero-order valence-corrected chi connectivity index (χ0v) is 25.4. The van der Waals surface area contributed by atoms with Gasteiger partial charge in [-0.3, -0.25) is 9.59 Å². The van der Waals surface area contributed by atoms with E-state index in [0.717, 1.165) is 35.3 Å². The van der Waals surface area contributed by atoms with Crippen LogP contribution in [0.15, 0.2) is 54.6 Å². The second-order valence-corrected chi connectivity index (χ2v) is 11.5. The summed E-state index contributed by atoms with van der Waals surface area (Å²) in [6.07, 6.45) is 1.08.